The monoisotopic (exact) mass is 600 g/mol. The Morgan fingerprint density at radius 2 is 1.04 bits per heavy atom. The maximum atomic E-state index is 7.05. The Kier molecular flexibility index (Phi) is 4.81. The standard InChI is InChI=1S/C43H24N2O2/c1-4-13-28-25(10-1)20-22-34-39(28)40-29-14-5-2-11-26(29)21-23-35(40)45(34)36-18-9-16-31-38-30-15-6-3-12-27(30)24-32(42(38)47-41(31)36)43-44-33-17-7-8-19-37(33)46-43/h1-24H. The molecule has 218 valence electrons. The van der Waals surface area contributed by atoms with Crippen molar-refractivity contribution in [3.63, 3.8) is 0 Å². The largest absolute Gasteiger partial charge is 0.453 e. The van der Waals surface area contributed by atoms with Gasteiger partial charge in [0.2, 0.25) is 5.89 Å². The SMILES string of the molecule is c1ccc2c(c1)cc(-c1nc3ccccc3o1)c1oc3c(-n4c5ccc6ccccc6c5c5c6ccccc6ccc54)cccc3c12. The maximum Gasteiger partial charge on any atom is 0.231 e. The van der Waals surface area contributed by atoms with E-state index in [1.165, 1.54) is 32.3 Å². The second-order valence-corrected chi connectivity index (χ2v) is 12.3. The number of furan rings is 1. The number of rotatable bonds is 2. The van der Waals surface area contributed by atoms with E-state index in [1.54, 1.807) is 0 Å². The molecule has 0 radical (unpaired) electrons. The molecular formula is C43H24N2O2. The van der Waals surface area contributed by atoms with Crippen LogP contribution in [-0.2, 0) is 0 Å². The first-order valence-corrected chi connectivity index (χ1v) is 15.9. The van der Waals surface area contributed by atoms with Gasteiger partial charge in [0, 0.05) is 21.5 Å². The van der Waals surface area contributed by atoms with Crippen molar-refractivity contribution in [2.24, 2.45) is 0 Å². The molecule has 0 unspecified atom stereocenters. The molecule has 0 saturated carbocycles. The van der Waals surface area contributed by atoms with Crippen LogP contribution in [0.1, 0.15) is 0 Å². The first-order chi connectivity index (χ1) is 23.3. The number of benzene rings is 8. The van der Waals surface area contributed by atoms with Gasteiger partial charge in [-0.2, -0.15) is 0 Å². The Labute approximate surface area is 267 Å². The molecule has 3 heterocycles. The highest BCUT2D eigenvalue weighted by molar-refractivity contribution is 6.29. The molecule has 4 heteroatoms. The summed E-state index contributed by atoms with van der Waals surface area (Å²) in [6.45, 7) is 0. The molecule has 0 bridgehead atoms. The third kappa shape index (κ3) is 3.34. The van der Waals surface area contributed by atoms with E-state index in [1.807, 2.05) is 24.3 Å². The van der Waals surface area contributed by atoms with Gasteiger partial charge in [-0.05, 0) is 68.7 Å². The Bertz CT molecular complexity index is 2960. The summed E-state index contributed by atoms with van der Waals surface area (Å²) < 4.78 is 15.8. The lowest BCUT2D eigenvalue weighted by Gasteiger charge is -2.09. The summed E-state index contributed by atoms with van der Waals surface area (Å²) in [5, 5.41) is 11.8. The predicted octanol–water partition coefficient (Wildman–Crippen LogP) is 12.0. The van der Waals surface area contributed by atoms with Crippen LogP contribution >= 0.6 is 0 Å². The summed E-state index contributed by atoms with van der Waals surface area (Å²) in [6.07, 6.45) is 0. The lowest BCUT2D eigenvalue weighted by molar-refractivity contribution is 0.615. The summed E-state index contributed by atoms with van der Waals surface area (Å²) in [6, 6.07) is 51.3. The molecule has 0 aliphatic rings. The van der Waals surface area contributed by atoms with Crippen LogP contribution in [-0.4, -0.2) is 9.55 Å². The molecule has 0 aliphatic carbocycles. The van der Waals surface area contributed by atoms with Crippen molar-refractivity contribution >= 4 is 87.2 Å². The molecule has 8 aromatic carbocycles. The van der Waals surface area contributed by atoms with E-state index in [0.29, 0.717) is 5.89 Å². The number of nitrogens with zero attached hydrogens (tertiary/aromatic N) is 2. The van der Waals surface area contributed by atoms with Gasteiger partial charge in [-0.1, -0.05) is 109 Å². The van der Waals surface area contributed by atoms with Crippen LogP contribution in [0.15, 0.2) is 154 Å². The van der Waals surface area contributed by atoms with Gasteiger partial charge in [-0.15, -0.1) is 0 Å². The van der Waals surface area contributed by atoms with Crippen molar-refractivity contribution in [1.29, 1.82) is 0 Å². The average Bonchev–Trinajstić information content (AvgIpc) is 3.83. The van der Waals surface area contributed by atoms with Gasteiger partial charge >= 0.3 is 0 Å². The summed E-state index contributed by atoms with van der Waals surface area (Å²) in [5.41, 5.74) is 7.31. The quantitative estimate of drug-likeness (QED) is 0.198. The molecule has 0 aliphatic heterocycles. The van der Waals surface area contributed by atoms with Gasteiger partial charge in [0.25, 0.3) is 0 Å². The maximum absolute atomic E-state index is 7.05. The molecular weight excluding hydrogens is 576 g/mol. The van der Waals surface area contributed by atoms with Gasteiger partial charge in [-0.3, -0.25) is 0 Å². The van der Waals surface area contributed by atoms with Crippen LogP contribution in [0, 0.1) is 0 Å². The minimum Gasteiger partial charge on any atom is -0.453 e. The Morgan fingerprint density at radius 3 is 1.74 bits per heavy atom. The number of aromatic nitrogens is 2. The molecule has 4 nitrogen and oxygen atoms in total. The van der Waals surface area contributed by atoms with E-state index in [2.05, 4.69) is 126 Å². The van der Waals surface area contributed by atoms with Crippen LogP contribution in [0.25, 0.3) is 104 Å². The van der Waals surface area contributed by atoms with Gasteiger partial charge < -0.3 is 13.4 Å². The highest BCUT2D eigenvalue weighted by Gasteiger charge is 2.24. The van der Waals surface area contributed by atoms with E-state index >= 15 is 0 Å². The van der Waals surface area contributed by atoms with Gasteiger partial charge in [0.05, 0.1) is 22.3 Å². The number of oxazole rings is 1. The molecule has 0 spiro atoms. The second kappa shape index (κ2) is 9.09. The van der Waals surface area contributed by atoms with Crippen LogP contribution in [0.2, 0.25) is 0 Å². The van der Waals surface area contributed by atoms with Crippen molar-refractivity contribution in [2.45, 2.75) is 0 Å². The third-order valence-corrected chi connectivity index (χ3v) is 9.78. The first-order valence-electron chi connectivity index (χ1n) is 15.9. The number of hydrogen-bond donors (Lipinski definition) is 0. The zero-order valence-corrected chi connectivity index (χ0v) is 25.1. The predicted molar refractivity (Wildman–Crippen MR) is 194 cm³/mol. The number of fused-ring (bicyclic) bond motifs is 13. The Morgan fingerprint density at radius 1 is 0.447 bits per heavy atom. The molecule has 0 N–H and O–H groups in total. The lowest BCUT2D eigenvalue weighted by atomic mass is 10.00. The zero-order chi connectivity index (χ0) is 30.6. The number of para-hydroxylation sites is 3. The minimum atomic E-state index is 0.553. The molecule has 3 aromatic heterocycles. The molecule has 11 rings (SSSR count). The average molecular weight is 601 g/mol. The third-order valence-electron chi connectivity index (χ3n) is 9.78. The minimum absolute atomic E-state index is 0.553. The van der Waals surface area contributed by atoms with E-state index in [9.17, 15) is 0 Å². The summed E-state index contributed by atoms with van der Waals surface area (Å²) >= 11 is 0. The second-order valence-electron chi connectivity index (χ2n) is 12.3. The van der Waals surface area contributed by atoms with E-state index < -0.39 is 0 Å². The molecule has 47 heavy (non-hydrogen) atoms. The summed E-state index contributed by atoms with van der Waals surface area (Å²) in [7, 11) is 0. The fourth-order valence-corrected chi connectivity index (χ4v) is 7.76. The van der Waals surface area contributed by atoms with Crippen molar-refractivity contribution in [3.8, 4) is 17.1 Å². The Hall–Kier alpha value is -6.39. The topological polar surface area (TPSA) is 44.1 Å². The van der Waals surface area contributed by atoms with Crippen molar-refractivity contribution in [3.05, 3.63) is 146 Å². The van der Waals surface area contributed by atoms with E-state index in [4.69, 9.17) is 13.8 Å². The van der Waals surface area contributed by atoms with Crippen molar-refractivity contribution in [1.82, 2.24) is 9.55 Å². The number of hydrogen-bond acceptors (Lipinski definition) is 3. The lowest BCUT2D eigenvalue weighted by Crippen LogP contribution is -1.94. The summed E-state index contributed by atoms with van der Waals surface area (Å²) in [5.74, 6) is 0.553. The van der Waals surface area contributed by atoms with Crippen molar-refractivity contribution < 1.29 is 8.83 Å². The van der Waals surface area contributed by atoms with E-state index in [-0.39, 0.29) is 0 Å². The van der Waals surface area contributed by atoms with Crippen LogP contribution in [0.5, 0.6) is 0 Å². The highest BCUT2D eigenvalue weighted by Crippen LogP contribution is 2.45. The van der Waals surface area contributed by atoms with Crippen molar-refractivity contribution in [2.75, 3.05) is 0 Å². The van der Waals surface area contributed by atoms with Gasteiger partial charge in [-0.25, -0.2) is 4.98 Å². The smallest absolute Gasteiger partial charge is 0.231 e. The molecule has 11 aromatic rings. The molecule has 0 saturated heterocycles. The highest BCUT2D eigenvalue weighted by atomic mass is 16.4. The molecule has 0 amide bonds. The van der Waals surface area contributed by atoms with Crippen LogP contribution in [0.3, 0.4) is 0 Å². The van der Waals surface area contributed by atoms with Crippen LogP contribution < -0.4 is 0 Å². The van der Waals surface area contributed by atoms with Gasteiger partial charge in [0.15, 0.2) is 11.2 Å². The van der Waals surface area contributed by atoms with Crippen LogP contribution in [0.4, 0.5) is 0 Å². The fourth-order valence-electron chi connectivity index (χ4n) is 7.76. The Balaban J connectivity index is 1.31. The van der Waals surface area contributed by atoms with E-state index in [0.717, 1.165) is 66.1 Å². The molecule has 0 fully saturated rings. The fraction of sp³-hybridized carbons (Fsp3) is 0. The zero-order valence-electron chi connectivity index (χ0n) is 25.1. The van der Waals surface area contributed by atoms with Gasteiger partial charge in [0.1, 0.15) is 11.1 Å². The normalized spacial score (nSPS) is 12.3. The first kappa shape index (κ1) is 24.9. The summed E-state index contributed by atoms with van der Waals surface area (Å²) in [4.78, 5) is 4.89. The molecule has 0 atom stereocenters.